The number of aliphatic carboxylic acids is 1. The summed E-state index contributed by atoms with van der Waals surface area (Å²) in [5, 5.41) is 63.4. The lowest BCUT2D eigenvalue weighted by Gasteiger charge is -2.29. The standard InChI is InChI=1S/C10H12BCl6O6P.C10H12BCl6O5PS.C9H10BCl6F2O6P.C6H9BO3.C6H11BO2.C5H10BF2O12P3.C5H9BO3.C4H10F3NS.C2H5NO/c1-5-2-6(11)22-7(5)8(18)23-24(19,20-3-9(12,13)14)21-4-10(15,16)17;1-5-2-6(11)21-7(5)8(24)22-23(18,19-3-9(12,13)14)20-4-10(15,16)17;10-5-1-4(19)6(23-5)9(17,18)24-25(20,21-2-7(11,12)13)22-3-8(14,15)16;1-3-2-4(7)10-5(3)6(8)9;1-4-2-6(7)9-5(4)3-8;6-3-1-2(9)4(17-3)5(7,8)18-22(13,14)20-23(15,16)19-21(10,11)12;6-5-1-3(8)4(2-7)9-5;1-3-8(4-2)9(5,6)7;1-2-3-4/h2*5-7H,2-4H2,1H3;4-6,19H,1-3H2;3-5H,2H2,1H3,(H,8,9);4-6,8H,2-3H2,1H3;2-4,9H,1H2,(H,13,14)(H,15,16)(H2,10,11,12);3-5,7-8H,1-2H2;3-4H2,1-2H3;2,4H,1H3/b;;;;;;;;3-2+/t2*5?,6-,7+;4?,5-,6+;3?,4-,5+;4?,5-,6-;2?,3-,4+;3?,4-,5-;;/m1111111../s1. The maximum atomic E-state index is 14.2. The van der Waals surface area contributed by atoms with E-state index in [1.807, 2.05) is 20.8 Å². The van der Waals surface area contributed by atoms with E-state index in [9.17, 15) is 76.4 Å². The second-order valence-corrected chi connectivity index (χ2v) is 54.0. The van der Waals surface area contributed by atoms with Gasteiger partial charge in [-0.15, -0.1) is 16.8 Å². The van der Waals surface area contributed by atoms with Gasteiger partial charge in [-0.25, -0.2) is 46.0 Å². The summed E-state index contributed by atoms with van der Waals surface area (Å²) in [6.45, 7) is 7.55. The van der Waals surface area contributed by atoms with Gasteiger partial charge in [-0.2, -0.15) is 30.5 Å². The van der Waals surface area contributed by atoms with Crippen molar-refractivity contribution < 1.29 is 209 Å². The second kappa shape index (κ2) is 63.2. The third-order valence-electron chi connectivity index (χ3n) is 15.9. The van der Waals surface area contributed by atoms with Crippen molar-refractivity contribution in [1.82, 2.24) is 4.31 Å². The molecule has 11 N–H and O–H groups in total. The van der Waals surface area contributed by atoms with E-state index in [-0.39, 0.29) is 67.6 Å². The molecule has 0 saturated carbocycles. The van der Waals surface area contributed by atoms with Gasteiger partial charge in [-0.3, -0.25) is 27.1 Å². The number of carbonyl (C=O) groups is 2. The Morgan fingerprint density at radius 2 is 0.730 bits per heavy atom. The molecule has 40 nitrogen and oxygen atoms in total. The molecule has 7 fully saturated rings. The van der Waals surface area contributed by atoms with Crippen LogP contribution in [0.3, 0.4) is 0 Å². The average molecular weight is 2510 g/mol. The highest BCUT2D eigenvalue weighted by Crippen LogP contribution is 2.68. The zero-order chi connectivity index (χ0) is 108. The third-order valence-corrected chi connectivity index (χ3v) is 27.2. The Balaban J connectivity index is 0. The van der Waals surface area contributed by atoms with Crippen LogP contribution < -0.4 is 0 Å². The lowest BCUT2D eigenvalue weighted by molar-refractivity contribution is -0.266. The van der Waals surface area contributed by atoms with Gasteiger partial charge in [0.25, 0.3) is 11.4 Å². The van der Waals surface area contributed by atoms with Crippen LogP contribution in [0.2, 0.25) is 0 Å². The van der Waals surface area contributed by atoms with Crippen LogP contribution in [0, 0.1) is 23.7 Å². The van der Waals surface area contributed by atoms with E-state index < -0.39 is 242 Å². The van der Waals surface area contributed by atoms with Crippen LogP contribution in [-0.4, -0.2) is 342 Å². The zero-order valence-electron chi connectivity index (χ0n) is 71.0. The van der Waals surface area contributed by atoms with E-state index in [0.29, 0.717) is 35.9 Å². The van der Waals surface area contributed by atoms with Crippen molar-refractivity contribution >= 4 is 357 Å². The third kappa shape index (κ3) is 64.8. The van der Waals surface area contributed by atoms with E-state index in [1.165, 1.54) is 20.1 Å². The van der Waals surface area contributed by atoms with Crippen molar-refractivity contribution in [3.8, 4) is 0 Å². The minimum atomic E-state index is -6.08. The number of phosphoric ester groups is 4. The summed E-state index contributed by atoms with van der Waals surface area (Å²) in [5.74, 6) is -1.84. The minimum absolute atomic E-state index is 0.0278. The Hall–Kier alpha value is 4.13. The fraction of sp³-hybridized carbons (Fsp3) is 0.930. The predicted octanol–water partition coefficient (Wildman–Crippen LogP) is 14.8. The van der Waals surface area contributed by atoms with Crippen LogP contribution in [0.4, 0.5) is 29.2 Å². The molecule has 80 heteroatoms. The van der Waals surface area contributed by atoms with Crippen LogP contribution in [0.5, 0.6) is 0 Å². The summed E-state index contributed by atoms with van der Waals surface area (Å²) in [6.07, 6.45) is -17.5. The Labute approximate surface area is 888 Å². The van der Waals surface area contributed by atoms with Crippen LogP contribution in [0.15, 0.2) is 5.16 Å². The largest absolute Gasteiger partial charge is 0.532 e. The number of carbonyl (C=O) groups excluding carboxylic acids is 1. The number of alkyl halides is 22. The molecule has 14 radical (unpaired) electrons. The van der Waals surface area contributed by atoms with E-state index in [2.05, 4.69) is 41.3 Å². The Kier molecular flexibility index (Phi) is 66.1. The molecule has 137 heavy (non-hydrogen) atoms. The summed E-state index contributed by atoms with van der Waals surface area (Å²) in [7, 11) is 6.12. The smallest absolute Gasteiger partial charge is 0.479 e. The second-order valence-electron chi connectivity index (χ2n) is 28.1. The van der Waals surface area contributed by atoms with E-state index >= 15 is 0 Å². The van der Waals surface area contributed by atoms with Crippen molar-refractivity contribution in [2.24, 2.45) is 28.8 Å². The number of aliphatic hydroxyl groups is 5. The number of phosphoric acid groups is 6. The molecule has 7 saturated heterocycles. The van der Waals surface area contributed by atoms with Gasteiger partial charge in [0.15, 0.2) is 24.4 Å². The van der Waals surface area contributed by atoms with Crippen molar-refractivity contribution in [1.29, 1.82) is 0 Å². The van der Waals surface area contributed by atoms with Crippen molar-refractivity contribution in [2.75, 3.05) is 65.9 Å². The topological polar surface area (TPSA) is 550 Å². The number of hydrogen-bond acceptors (Lipinski definition) is 36. The SMILES string of the molecule is C/C=N/O.CCN(CC)S(F)(F)F.[B][C@H]1CC(C)[C@@H](C(=O)O)O1.[B][C@H]1CC(C)[C@@H](C(=O)OP(=O)(OCC(Cl)(Cl)Cl)OCC(Cl)(Cl)Cl)O1.[B][C@H]1CC(C)[C@@H](C(=S)OP(=O)(OCC(Cl)(Cl)Cl)OCC(Cl)(Cl)Cl)O1.[B][C@H]1CC(C)[C@@H](CO)O1.[B][C@H]1CC(O)[C@@H](C(F)(F)OP(=O)(O)OP(=O)(O)OP(=O)(O)O)O1.[B][C@H]1CC(O)[C@@H](C(F)(F)OP(=O)(OCC(Cl)(Cl)Cl)OCC(Cl)(Cl)Cl)O1.[B][C@H]1CC(O)[C@@H](CO)O1. The van der Waals surface area contributed by atoms with E-state index in [0.717, 1.165) is 6.42 Å². The molecule has 7 rings (SSSR count). The lowest BCUT2D eigenvalue weighted by atomic mass is 9.92. The molecule has 7 heterocycles. The maximum Gasteiger partial charge on any atom is 0.532 e. The molecular weight excluding hydrogens is 2420 g/mol. The fourth-order valence-electron chi connectivity index (χ4n) is 10.3. The molecule has 7 aliphatic heterocycles. The van der Waals surface area contributed by atoms with Crippen LogP contribution in [0.25, 0.3) is 0 Å². The highest BCUT2D eigenvalue weighted by molar-refractivity contribution is 8.18. The number of carboxylic acids is 1. The first-order valence-electron chi connectivity index (χ1n) is 37.5. The molecule has 0 aromatic carbocycles. The van der Waals surface area contributed by atoms with Gasteiger partial charge >= 0.3 is 71.1 Å². The number of aliphatic hydroxyl groups excluding tert-OH is 5. The van der Waals surface area contributed by atoms with Gasteiger partial charge in [0.1, 0.15) is 107 Å². The molecule has 0 amide bonds. The van der Waals surface area contributed by atoms with Crippen LogP contribution >= 0.6 is 279 Å². The Morgan fingerprint density at radius 1 is 0.445 bits per heavy atom. The summed E-state index contributed by atoms with van der Waals surface area (Å²) in [6, 6.07) is -4.63. The highest BCUT2D eigenvalue weighted by atomic mass is 35.6. The van der Waals surface area contributed by atoms with Crippen molar-refractivity contribution in [3.63, 3.8) is 0 Å². The number of ether oxygens (including phenoxy) is 7. The van der Waals surface area contributed by atoms with Crippen molar-refractivity contribution in [3.05, 3.63) is 0 Å². The van der Waals surface area contributed by atoms with Gasteiger partial charge < -0.3 is 97.6 Å². The van der Waals surface area contributed by atoms with Crippen LogP contribution in [0.1, 0.15) is 93.4 Å². The molecule has 0 spiro atoms. The molecule has 9 unspecified atom stereocenters. The summed E-state index contributed by atoms with van der Waals surface area (Å²) in [4.78, 5) is 56.8. The highest BCUT2D eigenvalue weighted by Gasteiger charge is 2.59. The Morgan fingerprint density at radius 3 is 0.956 bits per heavy atom. The number of halogens is 25. The lowest BCUT2D eigenvalue weighted by Crippen LogP contribution is -2.42. The monoisotopic (exact) mass is 2500 g/mol. The number of nitrogens with zero attached hydrogens (tertiary/aromatic N) is 2. The van der Waals surface area contributed by atoms with Gasteiger partial charge in [0.2, 0.25) is 27.8 Å². The summed E-state index contributed by atoms with van der Waals surface area (Å²) >= 11 is 98.9. The molecule has 7 aliphatic rings. The quantitative estimate of drug-likeness (QED) is 0.00435. The van der Waals surface area contributed by atoms with E-state index in [4.69, 9.17) is 372 Å². The first-order chi connectivity index (χ1) is 61.5. The summed E-state index contributed by atoms with van der Waals surface area (Å²) < 4.78 is 237. The molecular formula is C57H88B7Cl18F7N2O38P6S2. The zero-order valence-corrected chi connectivity index (χ0v) is 91.7. The van der Waals surface area contributed by atoms with E-state index in [1.54, 1.807) is 13.8 Å². The number of hydrogen-bond donors (Lipinski definition) is 11. The average Bonchev–Trinajstić information content (AvgIpc) is 1.72. The molecule has 0 aliphatic carbocycles. The fourth-order valence-corrected chi connectivity index (χ4v) is 20.5. The minimum Gasteiger partial charge on any atom is -0.479 e. The molecule has 0 bridgehead atoms. The Bertz CT molecular complexity index is 3760. The normalized spacial score (nSPS) is 28.9. The molecule has 23 atom stereocenters. The number of oxime groups is 1. The predicted molar refractivity (Wildman–Crippen MR) is 505 cm³/mol. The maximum absolute atomic E-state index is 14.2. The first-order valence-corrected chi connectivity index (χ1v) is 54.9. The number of thiocarbonyl (C=S) groups is 1. The summed E-state index contributed by atoms with van der Waals surface area (Å²) in [5.41, 5.74) is 0. The number of carboxylic acid groups (broad SMARTS) is 1. The number of rotatable bonds is 32. The van der Waals surface area contributed by atoms with Gasteiger partial charge in [-0.1, -0.05) is 250 Å². The van der Waals surface area contributed by atoms with Gasteiger partial charge in [0, 0.05) is 61.3 Å². The van der Waals surface area contributed by atoms with Crippen LogP contribution in [-0.2, 0) is 124 Å². The molecule has 0 aromatic rings. The molecule has 792 valence electrons. The van der Waals surface area contributed by atoms with Gasteiger partial charge in [0.05, 0.1) is 37.6 Å². The van der Waals surface area contributed by atoms with Gasteiger partial charge in [-0.05, 0) is 87.8 Å². The molecule has 0 aromatic heterocycles. The van der Waals surface area contributed by atoms with Crippen molar-refractivity contribution in [2.45, 2.75) is 231 Å². The first kappa shape index (κ1) is 143.